The summed E-state index contributed by atoms with van der Waals surface area (Å²) in [7, 11) is 3.09. The van der Waals surface area contributed by atoms with Crippen LogP contribution < -0.4 is 0 Å². The van der Waals surface area contributed by atoms with Crippen LogP contribution in [0.3, 0.4) is 0 Å². The fourth-order valence-corrected chi connectivity index (χ4v) is 4.39. The van der Waals surface area contributed by atoms with E-state index in [9.17, 15) is 0 Å². The van der Waals surface area contributed by atoms with Crippen molar-refractivity contribution in [2.75, 3.05) is 0 Å². The van der Waals surface area contributed by atoms with Crippen molar-refractivity contribution in [3.8, 4) is 0 Å². The van der Waals surface area contributed by atoms with E-state index in [1.54, 1.807) is 12.8 Å². The molecule has 0 amide bonds. The first-order valence-corrected chi connectivity index (χ1v) is 5.69. The van der Waals surface area contributed by atoms with Crippen LogP contribution in [0.1, 0.15) is 26.2 Å². The summed E-state index contributed by atoms with van der Waals surface area (Å²) in [5, 5.41) is 0. The van der Waals surface area contributed by atoms with Gasteiger partial charge in [0.1, 0.15) is 0 Å². The lowest BCUT2D eigenvalue weighted by Crippen LogP contribution is -2.02. The highest BCUT2D eigenvalue weighted by Gasteiger charge is 2.56. The van der Waals surface area contributed by atoms with Gasteiger partial charge in [0.05, 0.1) is 0 Å². The van der Waals surface area contributed by atoms with Gasteiger partial charge in [-0.3, -0.25) is 0 Å². The Hall–Kier alpha value is 0.430. The largest absolute Gasteiger partial charge is 0.134 e. The molecule has 7 unspecified atom stereocenters. The van der Waals surface area contributed by atoms with E-state index >= 15 is 0 Å². The average molecular weight is 168 g/mol. The normalized spacial score (nSPS) is 66.0. The lowest BCUT2D eigenvalue weighted by atomic mass is 10.1. The molecule has 3 aliphatic rings. The molecular formula is C10H17P. The van der Waals surface area contributed by atoms with Crippen LogP contribution in [0.25, 0.3) is 0 Å². The summed E-state index contributed by atoms with van der Waals surface area (Å²) in [6, 6.07) is 0. The molecule has 7 atom stereocenters. The second-order valence-electron chi connectivity index (χ2n) is 4.99. The van der Waals surface area contributed by atoms with Gasteiger partial charge in [-0.2, -0.15) is 0 Å². The van der Waals surface area contributed by atoms with E-state index in [4.69, 9.17) is 0 Å². The molecule has 0 heterocycles. The molecule has 0 aromatic rings. The Morgan fingerprint density at radius 1 is 1.09 bits per heavy atom. The van der Waals surface area contributed by atoms with E-state index in [1.807, 2.05) is 0 Å². The first-order chi connectivity index (χ1) is 5.27. The zero-order valence-electron chi connectivity index (χ0n) is 7.16. The van der Waals surface area contributed by atoms with E-state index in [1.165, 1.54) is 6.42 Å². The zero-order chi connectivity index (χ0) is 7.59. The lowest BCUT2D eigenvalue weighted by molar-refractivity contribution is 0.574. The molecule has 3 fully saturated rings. The third kappa shape index (κ3) is 0.917. The van der Waals surface area contributed by atoms with Crippen LogP contribution in [0.2, 0.25) is 0 Å². The maximum Gasteiger partial charge on any atom is -0.0228 e. The van der Waals surface area contributed by atoms with E-state index < -0.39 is 0 Å². The molecule has 0 N–H and O–H groups in total. The van der Waals surface area contributed by atoms with Crippen molar-refractivity contribution in [2.24, 2.45) is 29.6 Å². The zero-order valence-corrected chi connectivity index (χ0v) is 8.32. The molecule has 0 nitrogen and oxygen atoms in total. The van der Waals surface area contributed by atoms with E-state index in [0.717, 1.165) is 35.2 Å². The highest BCUT2D eigenvalue weighted by Crippen LogP contribution is 2.63. The van der Waals surface area contributed by atoms with E-state index in [0.29, 0.717) is 0 Å². The van der Waals surface area contributed by atoms with Crippen LogP contribution in [0.15, 0.2) is 0 Å². The van der Waals surface area contributed by atoms with Crippen molar-refractivity contribution in [3.63, 3.8) is 0 Å². The molecule has 0 aliphatic heterocycles. The van der Waals surface area contributed by atoms with Crippen molar-refractivity contribution < 1.29 is 0 Å². The molecule has 11 heavy (non-hydrogen) atoms. The quantitative estimate of drug-likeness (QED) is 0.487. The summed E-state index contributed by atoms with van der Waals surface area (Å²) in [5.41, 5.74) is 0.979. The Labute approximate surface area is 71.3 Å². The van der Waals surface area contributed by atoms with Gasteiger partial charge in [-0.05, 0) is 54.5 Å². The molecule has 62 valence electrons. The lowest BCUT2D eigenvalue weighted by Gasteiger charge is -2.07. The highest BCUT2D eigenvalue weighted by atomic mass is 31.0. The van der Waals surface area contributed by atoms with Gasteiger partial charge >= 0.3 is 0 Å². The molecule has 0 aromatic carbocycles. The van der Waals surface area contributed by atoms with Crippen molar-refractivity contribution in [1.82, 2.24) is 0 Å². The molecule has 1 heteroatoms. The van der Waals surface area contributed by atoms with Gasteiger partial charge in [0.2, 0.25) is 0 Å². The van der Waals surface area contributed by atoms with Crippen molar-refractivity contribution >= 4 is 9.24 Å². The number of hydrogen-bond acceptors (Lipinski definition) is 0. The number of fused-ring (bicyclic) bond motifs is 2. The van der Waals surface area contributed by atoms with Crippen LogP contribution in [0.5, 0.6) is 0 Å². The second-order valence-corrected chi connectivity index (χ2v) is 5.85. The minimum absolute atomic E-state index is 0.979. The van der Waals surface area contributed by atoms with Gasteiger partial charge in [-0.15, -0.1) is 9.24 Å². The summed E-state index contributed by atoms with van der Waals surface area (Å²) >= 11 is 0. The Kier molecular flexibility index (Phi) is 1.27. The van der Waals surface area contributed by atoms with Gasteiger partial charge in [-0.25, -0.2) is 0 Å². The van der Waals surface area contributed by atoms with Gasteiger partial charge < -0.3 is 0 Å². The first-order valence-electron chi connectivity index (χ1n) is 5.03. The molecule has 0 radical (unpaired) electrons. The standard InChI is InChI=1S/C10H17P/c1-5-8-3-6-2-7(6)4-9(11)10(5)8/h5-10H,2-4,11H2,1H3. The molecular weight excluding hydrogens is 151 g/mol. The highest BCUT2D eigenvalue weighted by molar-refractivity contribution is 7.17. The Bertz CT molecular complexity index is 185. The monoisotopic (exact) mass is 168 g/mol. The SMILES string of the molecule is CC1C2CC3CC3CC(P)C12. The molecule has 0 saturated heterocycles. The number of rotatable bonds is 0. The summed E-state index contributed by atoms with van der Waals surface area (Å²) in [6.45, 7) is 2.45. The van der Waals surface area contributed by atoms with Crippen LogP contribution in [0, 0.1) is 29.6 Å². The third-order valence-electron chi connectivity index (χ3n) is 4.35. The molecule has 3 saturated carbocycles. The van der Waals surface area contributed by atoms with E-state index in [2.05, 4.69) is 16.2 Å². The molecule has 0 aromatic heterocycles. The summed E-state index contributed by atoms with van der Waals surface area (Å²) < 4.78 is 0. The summed E-state index contributed by atoms with van der Waals surface area (Å²) in [6.07, 6.45) is 4.68. The van der Waals surface area contributed by atoms with E-state index in [-0.39, 0.29) is 0 Å². The summed E-state index contributed by atoms with van der Waals surface area (Å²) in [4.78, 5) is 0. The maximum atomic E-state index is 3.09. The predicted molar refractivity (Wildman–Crippen MR) is 50.5 cm³/mol. The van der Waals surface area contributed by atoms with Crippen LogP contribution in [-0.2, 0) is 0 Å². The smallest absolute Gasteiger partial charge is 0.0228 e. The minimum Gasteiger partial charge on any atom is -0.134 e. The minimum atomic E-state index is 0.979. The molecule has 0 spiro atoms. The average Bonchev–Trinajstić information content (AvgIpc) is 2.75. The fourth-order valence-electron chi connectivity index (χ4n) is 3.40. The van der Waals surface area contributed by atoms with Gasteiger partial charge in [0.15, 0.2) is 0 Å². The molecule has 0 bridgehead atoms. The van der Waals surface area contributed by atoms with Gasteiger partial charge in [0, 0.05) is 0 Å². The van der Waals surface area contributed by atoms with Crippen LogP contribution in [-0.4, -0.2) is 5.66 Å². The van der Waals surface area contributed by atoms with Crippen molar-refractivity contribution in [2.45, 2.75) is 31.8 Å². The Morgan fingerprint density at radius 2 is 1.82 bits per heavy atom. The number of hydrogen-bond donors (Lipinski definition) is 0. The Morgan fingerprint density at radius 3 is 2.64 bits per heavy atom. The Balaban J connectivity index is 1.79. The maximum absolute atomic E-state index is 3.09. The first kappa shape index (κ1) is 6.89. The molecule has 3 aliphatic carbocycles. The topological polar surface area (TPSA) is 0 Å². The van der Waals surface area contributed by atoms with Crippen LogP contribution >= 0.6 is 9.24 Å². The van der Waals surface area contributed by atoms with Crippen LogP contribution in [0.4, 0.5) is 0 Å². The van der Waals surface area contributed by atoms with Crippen molar-refractivity contribution in [1.29, 1.82) is 0 Å². The summed E-state index contributed by atoms with van der Waals surface area (Å²) in [5.74, 6) is 5.62. The second kappa shape index (κ2) is 2.02. The van der Waals surface area contributed by atoms with Gasteiger partial charge in [-0.1, -0.05) is 6.92 Å². The third-order valence-corrected chi connectivity index (χ3v) is 5.07. The van der Waals surface area contributed by atoms with Gasteiger partial charge in [0.25, 0.3) is 0 Å². The predicted octanol–water partition coefficient (Wildman–Crippen LogP) is 2.54. The fraction of sp³-hybridized carbons (Fsp3) is 1.00. The molecule has 3 rings (SSSR count). The van der Waals surface area contributed by atoms with Crippen molar-refractivity contribution in [3.05, 3.63) is 0 Å².